The molecule has 3 nitrogen and oxygen atoms in total. The molecular formula is C13H18O3S. The third-order valence-corrected chi connectivity index (χ3v) is 3.22. The summed E-state index contributed by atoms with van der Waals surface area (Å²) in [5, 5.41) is 0.802. The fourth-order valence-electron chi connectivity index (χ4n) is 1.50. The van der Waals surface area contributed by atoms with Crippen LogP contribution in [0, 0.1) is 0 Å². The Morgan fingerprint density at radius 3 is 2.76 bits per heavy atom. The minimum atomic E-state index is -3.65. The maximum absolute atomic E-state index is 11.2. The number of hydrogen-bond donors (Lipinski definition) is 0. The van der Waals surface area contributed by atoms with E-state index in [1.54, 1.807) is 18.2 Å². The van der Waals surface area contributed by atoms with E-state index in [0.717, 1.165) is 23.8 Å². The summed E-state index contributed by atoms with van der Waals surface area (Å²) in [6, 6.07) is 7.17. The summed E-state index contributed by atoms with van der Waals surface area (Å²) < 4.78 is 27.3. The molecule has 94 valence electrons. The first-order chi connectivity index (χ1) is 8.07. The molecule has 0 fully saturated rings. The maximum atomic E-state index is 11.2. The number of hydrogen-bond acceptors (Lipinski definition) is 3. The van der Waals surface area contributed by atoms with E-state index in [4.69, 9.17) is 4.18 Å². The zero-order valence-corrected chi connectivity index (χ0v) is 10.9. The van der Waals surface area contributed by atoms with E-state index in [0.29, 0.717) is 5.75 Å². The highest BCUT2D eigenvalue weighted by Gasteiger charge is 2.06. The van der Waals surface area contributed by atoms with Crippen LogP contribution in [0.1, 0.15) is 31.7 Å². The van der Waals surface area contributed by atoms with E-state index in [1.807, 2.05) is 6.07 Å². The zero-order chi connectivity index (χ0) is 12.7. The van der Waals surface area contributed by atoms with Gasteiger partial charge in [0, 0.05) is 0 Å². The largest absolute Gasteiger partial charge is 0.379 e. The van der Waals surface area contributed by atoms with Crippen molar-refractivity contribution in [2.24, 2.45) is 0 Å². The molecule has 0 N–H and O–H groups in total. The van der Waals surface area contributed by atoms with Crippen molar-refractivity contribution in [3.05, 3.63) is 41.8 Å². The molecule has 0 bridgehead atoms. The van der Waals surface area contributed by atoms with Crippen molar-refractivity contribution in [1.82, 2.24) is 0 Å². The van der Waals surface area contributed by atoms with E-state index < -0.39 is 10.1 Å². The standard InChI is InChI=1S/C13H18O3S/c1-3-5-6-8-12-9-7-10-13(11-12)16-17(14,15)4-2/h4,7,9-11H,2-3,5-6,8H2,1H3. The highest BCUT2D eigenvalue weighted by atomic mass is 32.2. The van der Waals surface area contributed by atoms with Crippen LogP contribution >= 0.6 is 0 Å². The third-order valence-electron chi connectivity index (χ3n) is 2.38. The lowest BCUT2D eigenvalue weighted by Gasteiger charge is -2.05. The van der Waals surface area contributed by atoms with Gasteiger partial charge in [-0.1, -0.05) is 38.5 Å². The molecule has 1 aromatic carbocycles. The topological polar surface area (TPSA) is 43.4 Å². The molecule has 0 aromatic heterocycles. The van der Waals surface area contributed by atoms with Gasteiger partial charge < -0.3 is 4.18 Å². The van der Waals surface area contributed by atoms with Gasteiger partial charge >= 0.3 is 10.1 Å². The average Bonchev–Trinajstić information content (AvgIpc) is 2.29. The van der Waals surface area contributed by atoms with Gasteiger partial charge in [-0.2, -0.15) is 8.42 Å². The smallest absolute Gasteiger partial charge is 0.331 e. The Bertz CT molecular complexity index is 463. The molecule has 1 aromatic rings. The molecule has 0 aliphatic carbocycles. The second kappa shape index (κ2) is 6.45. The van der Waals surface area contributed by atoms with Crippen molar-refractivity contribution in [3.63, 3.8) is 0 Å². The van der Waals surface area contributed by atoms with Crippen LogP contribution < -0.4 is 4.18 Å². The molecule has 0 saturated heterocycles. The van der Waals surface area contributed by atoms with Crippen LogP contribution in [-0.4, -0.2) is 8.42 Å². The molecule has 17 heavy (non-hydrogen) atoms. The van der Waals surface area contributed by atoms with Crippen LogP contribution in [-0.2, 0) is 16.5 Å². The SMILES string of the molecule is C=CS(=O)(=O)Oc1cccc(CCCCC)c1. The lowest BCUT2D eigenvalue weighted by atomic mass is 10.1. The summed E-state index contributed by atoms with van der Waals surface area (Å²) in [5.41, 5.74) is 1.09. The second-order valence-electron chi connectivity index (χ2n) is 3.85. The minimum absolute atomic E-state index is 0.346. The van der Waals surface area contributed by atoms with Gasteiger partial charge in [-0.05, 0) is 30.5 Å². The van der Waals surface area contributed by atoms with Gasteiger partial charge in [-0.3, -0.25) is 0 Å². The maximum Gasteiger partial charge on any atom is 0.331 e. The van der Waals surface area contributed by atoms with Gasteiger partial charge in [0.2, 0.25) is 0 Å². The number of rotatable bonds is 7. The number of benzene rings is 1. The van der Waals surface area contributed by atoms with E-state index in [9.17, 15) is 8.42 Å². The summed E-state index contributed by atoms with van der Waals surface area (Å²) in [4.78, 5) is 0. The lowest BCUT2D eigenvalue weighted by Crippen LogP contribution is -2.04. The molecule has 0 amide bonds. The summed E-state index contributed by atoms with van der Waals surface area (Å²) in [5.74, 6) is 0.346. The molecule has 0 unspecified atom stereocenters. The Morgan fingerprint density at radius 2 is 2.12 bits per heavy atom. The number of unbranched alkanes of at least 4 members (excludes halogenated alkanes) is 2. The predicted molar refractivity (Wildman–Crippen MR) is 69.4 cm³/mol. The van der Waals surface area contributed by atoms with Crippen LogP contribution in [0.25, 0.3) is 0 Å². The van der Waals surface area contributed by atoms with E-state index in [2.05, 4.69) is 13.5 Å². The first-order valence-corrected chi connectivity index (χ1v) is 7.20. The summed E-state index contributed by atoms with van der Waals surface area (Å²) in [7, 11) is -3.65. The highest BCUT2D eigenvalue weighted by Crippen LogP contribution is 2.17. The van der Waals surface area contributed by atoms with Crippen LogP contribution in [0.3, 0.4) is 0 Å². The number of aryl methyl sites for hydroxylation is 1. The van der Waals surface area contributed by atoms with E-state index >= 15 is 0 Å². The average molecular weight is 254 g/mol. The summed E-state index contributed by atoms with van der Waals surface area (Å²) in [6.07, 6.45) is 4.39. The molecular weight excluding hydrogens is 236 g/mol. The van der Waals surface area contributed by atoms with Crippen molar-refractivity contribution in [2.45, 2.75) is 32.6 Å². The molecule has 1 rings (SSSR count). The van der Waals surface area contributed by atoms with Crippen molar-refractivity contribution in [1.29, 1.82) is 0 Å². The Labute approximate surface area is 103 Å². The molecule has 0 radical (unpaired) electrons. The van der Waals surface area contributed by atoms with Crippen LogP contribution in [0.4, 0.5) is 0 Å². The van der Waals surface area contributed by atoms with Gasteiger partial charge in [0.1, 0.15) is 5.75 Å². The zero-order valence-electron chi connectivity index (χ0n) is 10.1. The predicted octanol–water partition coefficient (Wildman–Crippen LogP) is 3.27. The summed E-state index contributed by atoms with van der Waals surface area (Å²) >= 11 is 0. The molecule has 0 spiro atoms. The van der Waals surface area contributed by atoms with Crippen LogP contribution in [0.2, 0.25) is 0 Å². The lowest BCUT2D eigenvalue weighted by molar-refractivity contribution is 0.496. The highest BCUT2D eigenvalue weighted by molar-refractivity contribution is 7.90. The first-order valence-electron chi connectivity index (χ1n) is 5.73. The van der Waals surface area contributed by atoms with Gasteiger partial charge in [0.05, 0.1) is 5.41 Å². The van der Waals surface area contributed by atoms with Gasteiger partial charge in [0.15, 0.2) is 0 Å². The molecule has 0 saturated carbocycles. The Balaban J connectivity index is 2.69. The fourth-order valence-corrected chi connectivity index (χ4v) is 1.94. The monoisotopic (exact) mass is 254 g/mol. The quantitative estimate of drug-likeness (QED) is 0.554. The molecule has 4 heteroatoms. The van der Waals surface area contributed by atoms with Gasteiger partial charge in [-0.25, -0.2) is 0 Å². The molecule has 0 heterocycles. The first kappa shape index (κ1) is 13.8. The Morgan fingerprint density at radius 1 is 1.35 bits per heavy atom. The van der Waals surface area contributed by atoms with Gasteiger partial charge in [-0.15, -0.1) is 0 Å². The van der Waals surface area contributed by atoms with E-state index in [-0.39, 0.29) is 0 Å². The third kappa shape index (κ3) is 5.04. The molecule has 0 aliphatic heterocycles. The van der Waals surface area contributed by atoms with Gasteiger partial charge in [0.25, 0.3) is 0 Å². The molecule has 0 atom stereocenters. The van der Waals surface area contributed by atoms with Crippen molar-refractivity contribution < 1.29 is 12.6 Å². The minimum Gasteiger partial charge on any atom is -0.379 e. The normalized spacial score (nSPS) is 11.1. The fraction of sp³-hybridized carbons (Fsp3) is 0.385. The van der Waals surface area contributed by atoms with Crippen molar-refractivity contribution >= 4 is 10.1 Å². The summed E-state index contributed by atoms with van der Waals surface area (Å²) in [6.45, 7) is 5.35. The Kier molecular flexibility index (Phi) is 5.22. The van der Waals surface area contributed by atoms with Crippen molar-refractivity contribution in [2.75, 3.05) is 0 Å². The Hall–Kier alpha value is -1.29. The van der Waals surface area contributed by atoms with Crippen LogP contribution in [0.5, 0.6) is 5.75 Å². The molecule has 0 aliphatic rings. The second-order valence-corrected chi connectivity index (χ2v) is 5.33. The van der Waals surface area contributed by atoms with Crippen LogP contribution in [0.15, 0.2) is 36.3 Å². The van der Waals surface area contributed by atoms with Crippen molar-refractivity contribution in [3.8, 4) is 5.75 Å². The van der Waals surface area contributed by atoms with E-state index in [1.165, 1.54) is 12.8 Å².